The zero-order chi connectivity index (χ0) is 21.2. The molecular weight excluding hydrogens is 366 g/mol. The van der Waals surface area contributed by atoms with Crippen LogP contribution in [0.2, 0.25) is 0 Å². The molecule has 3 N–H and O–H groups in total. The number of quaternary nitrogens is 1. The number of nitrogens with two attached hydrogens (primary N) is 1. The molecule has 1 heterocycles. The van der Waals surface area contributed by atoms with Crippen LogP contribution in [-0.4, -0.2) is 31.2 Å². The van der Waals surface area contributed by atoms with Gasteiger partial charge in [-0.1, -0.05) is 18.2 Å². The zero-order valence-electron chi connectivity index (χ0n) is 17.6. The number of hydrogen-bond donors (Lipinski definition) is 2. The lowest BCUT2D eigenvalue weighted by molar-refractivity contribution is 0.0523. The average Bonchev–Trinajstić information content (AvgIpc) is 2.77. The maximum Gasteiger partial charge on any atom is 0.407 e. The number of anilines is 1. The van der Waals surface area contributed by atoms with Crippen LogP contribution in [0.1, 0.15) is 48.7 Å². The Bertz CT molecular complexity index is 916. The minimum Gasteiger partial charge on any atom is -0.444 e. The molecule has 0 spiro atoms. The van der Waals surface area contributed by atoms with E-state index in [0.717, 1.165) is 36.2 Å². The maximum atomic E-state index is 13.4. The summed E-state index contributed by atoms with van der Waals surface area (Å²) in [7, 11) is 1.95. The molecule has 1 aliphatic heterocycles. The van der Waals surface area contributed by atoms with E-state index in [9.17, 15) is 9.59 Å². The number of alkyl carbamates (subject to hydrolysis) is 1. The highest BCUT2D eigenvalue weighted by atomic mass is 16.6. The molecular formula is C23H30N3O3+. The van der Waals surface area contributed by atoms with Crippen LogP contribution in [0.25, 0.3) is 0 Å². The van der Waals surface area contributed by atoms with Crippen molar-refractivity contribution in [2.24, 2.45) is 0 Å². The van der Waals surface area contributed by atoms with Gasteiger partial charge in [0.05, 0.1) is 19.2 Å². The van der Waals surface area contributed by atoms with Crippen molar-refractivity contribution in [1.29, 1.82) is 0 Å². The second kappa shape index (κ2) is 7.87. The molecule has 2 aromatic carbocycles. The monoisotopic (exact) mass is 396 g/mol. The van der Waals surface area contributed by atoms with E-state index >= 15 is 0 Å². The van der Waals surface area contributed by atoms with Crippen LogP contribution in [0.5, 0.6) is 0 Å². The first kappa shape index (κ1) is 20.9. The molecule has 29 heavy (non-hydrogen) atoms. The number of benzene rings is 2. The lowest BCUT2D eigenvalue weighted by Gasteiger charge is -2.30. The third kappa shape index (κ3) is 4.77. The Balaban J connectivity index is 1.76. The molecule has 0 saturated carbocycles. The second-order valence-corrected chi connectivity index (χ2v) is 8.76. The van der Waals surface area contributed by atoms with Gasteiger partial charge < -0.3 is 15.8 Å². The largest absolute Gasteiger partial charge is 0.444 e. The van der Waals surface area contributed by atoms with Crippen LogP contribution in [0, 0.1) is 0 Å². The number of ether oxygens (including phenoxy) is 1. The summed E-state index contributed by atoms with van der Waals surface area (Å²) in [5.74, 6) is 0.0597. The summed E-state index contributed by atoms with van der Waals surface area (Å²) < 4.78 is 5.46. The number of aryl methyl sites for hydroxylation is 1. The Kier molecular flexibility index (Phi) is 5.66. The van der Waals surface area contributed by atoms with Crippen molar-refractivity contribution in [3.63, 3.8) is 0 Å². The van der Waals surface area contributed by atoms with Gasteiger partial charge in [-0.3, -0.25) is 0 Å². The lowest BCUT2D eigenvalue weighted by atomic mass is 10.0. The van der Waals surface area contributed by atoms with Gasteiger partial charge in [0.1, 0.15) is 11.3 Å². The van der Waals surface area contributed by atoms with Crippen molar-refractivity contribution >= 4 is 23.4 Å². The fourth-order valence-corrected chi connectivity index (χ4v) is 3.64. The third-order valence-corrected chi connectivity index (χ3v) is 5.21. The molecule has 0 fully saturated rings. The van der Waals surface area contributed by atoms with Crippen LogP contribution in [0.3, 0.4) is 0 Å². The number of hydrogen-bond acceptors (Lipinski definition) is 4. The number of nitrogens with one attached hydrogen (secondary N) is 1. The van der Waals surface area contributed by atoms with E-state index in [-0.39, 0.29) is 10.4 Å². The van der Waals surface area contributed by atoms with Gasteiger partial charge in [0.2, 0.25) is 0 Å². The van der Waals surface area contributed by atoms with E-state index in [2.05, 4.69) is 5.32 Å². The van der Waals surface area contributed by atoms with Crippen molar-refractivity contribution < 1.29 is 14.3 Å². The molecule has 1 unspecified atom stereocenters. The quantitative estimate of drug-likeness (QED) is 0.607. The fraction of sp³-hybridized carbons (Fsp3) is 0.391. The van der Waals surface area contributed by atoms with Gasteiger partial charge in [-0.25, -0.2) is 14.1 Å². The Morgan fingerprint density at radius 2 is 1.86 bits per heavy atom. The Hall–Kier alpha value is -2.86. The van der Waals surface area contributed by atoms with Crippen molar-refractivity contribution in [2.45, 2.75) is 45.8 Å². The summed E-state index contributed by atoms with van der Waals surface area (Å²) >= 11 is 0. The Morgan fingerprint density at radius 1 is 1.17 bits per heavy atom. The summed E-state index contributed by atoms with van der Waals surface area (Å²) in [4.78, 5) is 25.2. The van der Waals surface area contributed by atoms with Crippen molar-refractivity contribution in [3.05, 3.63) is 59.2 Å². The first-order chi connectivity index (χ1) is 13.6. The van der Waals surface area contributed by atoms with Gasteiger partial charge in [-0.05, 0) is 62.6 Å². The highest BCUT2D eigenvalue weighted by Gasteiger charge is 2.38. The van der Waals surface area contributed by atoms with Gasteiger partial charge in [0.15, 0.2) is 0 Å². The van der Waals surface area contributed by atoms with Gasteiger partial charge in [0.25, 0.3) is 0 Å². The minimum absolute atomic E-state index is 0.0597. The molecule has 2 amide bonds. The molecule has 0 radical (unpaired) electrons. The molecule has 0 aliphatic carbocycles. The topological polar surface area (TPSA) is 81.4 Å². The lowest BCUT2D eigenvalue weighted by Crippen LogP contribution is -2.50. The van der Waals surface area contributed by atoms with Gasteiger partial charge >= 0.3 is 12.0 Å². The number of carbonyl (C=O) groups is 2. The maximum absolute atomic E-state index is 13.4. The third-order valence-electron chi connectivity index (χ3n) is 5.21. The summed E-state index contributed by atoms with van der Waals surface area (Å²) in [5.41, 5.74) is 9.65. The summed E-state index contributed by atoms with van der Waals surface area (Å²) in [6.07, 6.45) is 1.34. The summed E-state index contributed by atoms with van der Waals surface area (Å²) in [6.45, 7) is 6.58. The van der Waals surface area contributed by atoms with E-state index in [1.54, 1.807) is 6.07 Å². The van der Waals surface area contributed by atoms with E-state index in [1.807, 2.05) is 64.2 Å². The van der Waals surface area contributed by atoms with E-state index in [1.165, 1.54) is 0 Å². The molecule has 6 heteroatoms. The first-order valence-corrected chi connectivity index (χ1v) is 9.94. The van der Waals surface area contributed by atoms with Gasteiger partial charge in [-0.15, -0.1) is 0 Å². The predicted octanol–water partition coefficient (Wildman–Crippen LogP) is 4.02. The first-order valence-electron chi connectivity index (χ1n) is 9.94. The molecule has 2 aromatic rings. The number of rotatable bonds is 3. The van der Waals surface area contributed by atoms with E-state index < -0.39 is 11.7 Å². The van der Waals surface area contributed by atoms with Crippen LogP contribution < -0.4 is 15.5 Å². The Labute approximate surface area is 172 Å². The van der Waals surface area contributed by atoms with E-state index in [0.29, 0.717) is 17.8 Å². The molecule has 3 rings (SSSR count). The molecule has 0 aromatic heterocycles. The van der Waals surface area contributed by atoms with Crippen molar-refractivity contribution in [2.75, 3.05) is 19.3 Å². The molecule has 1 atom stereocenters. The van der Waals surface area contributed by atoms with Gasteiger partial charge in [0, 0.05) is 18.7 Å². The second-order valence-electron chi connectivity index (χ2n) is 8.76. The normalized spacial score (nSPS) is 19.2. The van der Waals surface area contributed by atoms with Crippen LogP contribution >= 0.6 is 0 Å². The van der Waals surface area contributed by atoms with Crippen molar-refractivity contribution in [3.8, 4) is 0 Å². The van der Waals surface area contributed by atoms with Crippen LogP contribution in [0.15, 0.2) is 42.5 Å². The SMILES string of the molecule is CC(C)(C)OC(=O)NCc1ccc([N+]2(C)CCCc3ccc(N)cc3C2=O)cc1. The number of nitrogen functional groups attached to an aromatic ring is 1. The minimum atomic E-state index is -0.528. The number of carbonyl (C=O) groups excluding carboxylic acids is 2. The highest BCUT2D eigenvalue weighted by Crippen LogP contribution is 2.30. The van der Waals surface area contributed by atoms with Gasteiger partial charge in [-0.2, -0.15) is 0 Å². The van der Waals surface area contributed by atoms with Crippen molar-refractivity contribution in [1.82, 2.24) is 9.80 Å². The highest BCUT2D eigenvalue weighted by molar-refractivity contribution is 6.04. The molecule has 154 valence electrons. The summed E-state index contributed by atoms with van der Waals surface area (Å²) in [5, 5.41) is 2.75. The fourth-order valence-electron chi connectivity index (χ4n) is 3.64. The number of amides is 2. The Morgan fingerprint density at radius 3 is 2.52 bits per heavy atom. The number of nitrogens with zero attached hydrogens (tertiary/aromatic N) is 1. The zero-order valence-corrected chi connectivity index (χ0v) is 17.6. The molecule has 0 bridgehead atoms. The molecule has 0 saturated heterocycles. The number of fused-ring (bicyclic) bond motifs is 1. The van der Waals surface area contributed by atoms with Crippen LogP contribution in [-0.2, 0) is 17.7 Å². The van der Waals surface area contributed by atoms with Crippen LogP contribution in [0.4, 0.5) is 16.2 Å². The molecule has 1 aliphatic rings. The van der Waals surface area contributed by atoms with E-state index in [4.69, 9.17) is 10.5 Å². The molecule has 6 nitrogen and oxygen atoms in total. The predicted molar refractivity (Wildman–Crippen MR) is 116 cm³/mol. The summed E-state index contributed by atoms with van der Waals surface area (Å²) in [6, 6.07) is 13.4. The smallest absolute Gasteiger partial charge is 0.407 e. The average molecular weight is 397 g/mol. The standard InChI is InChI=1S/C23H29N3O3/c1-23(2,3)29-22(28)25-15-16-7-11-19(12-8-16)26(4)13-5-6-17-9-10-18(24)14-20(17)21(26)27/h7-12,14H,5-6,13,15,24H2,1-4H3/p+1.